The van der Waals surface area contributed by atoms with Gasteiger partial charge < -0.3 is 14.7 Å². The van der Waals surface area contributed by atoms with Crippen LogP contribution in [0.15, 0.2) is 0 Å². The van der Waals surface area contributed by atoms with Gasteiger partial charge in [0.25, 0.3) is 5.91 Å². The summed E-state index contributed by atoms with van der Waals surface area (Å²) in [6.45, 7) is 3.97. The maximum absolute atomic E-state index is 12.6. The van der Waals surface area contributed by atoms with Crippen molar-refractivity contribution in [1.82, 2.24) is 15.1 Å². The Morgan fingerprint density at radius 3 is 2.85 bits per heavy atom. The maximum Gasteiger partial charge on any atom is 0.274 e. The highest BCUT2D eigenvalue weighted by Gasteiger charge is 2.49. The zero-order valence-corrected chi connectivity index (χ0v) is 12.1. The zero-order valence-electron chi connectivity index (χ0n) is 12.1. The number of aromatic amines is 1. The van der Waals surface area contributed by atoms with Crippen LogP contribution in [0, 0.1) is 0 Å². The first-order valence-corrected chi connectivity index (χ1v) is 7.10. The van der Waals surface area contributed by atoms with E-state index < -0.39 is 0 Å². The predicted octanol–water partition coefficient (Wildman–Crippen LogP) is 1.03. The first kappa shape index (κ1) is 13.6. The summed E-state index contributed by atoms with van der Waals surface area (Å²) in [6.07, 6.45) is 2.42. The van der Waals surface area contributed by atoms with Crippen LogP contribution in [0.2, 0.25) is 0 Å². The van der Waals surface area contributed by atoms with Gasteiger partial charge in [-0.3, -0.25) is 9.89 Å². The molecule has 1 aliphatic heterocycles. The van der Waals surface area contributed by atoms with E-state index in [4.69, 9.17) is 4.74 Å². The molecule has 6 nitrogen and oxygen atoms in total. The lowest BCUT2D eigenvalue weighted by molar-refractivity contribution is -0.00705. The van der Waals surface area contributed by atoms with Crippen LogP contribution in [-0.2, 0) is 11.2 Å². The Hall–Kier alpha value is -1.40. The Bertz CT molecular complexity index is 536. The van der Waals surface area contributed by atoms with Crippen molar-refractivity contribution in [2.24, 2.45) is 0 Å². The summed E-state index contributed by atoms with van der Waals surface area (Å²) in [7, 11) is 1.75. The summed E-state index contributed by atoms with van der Waals surface area (Å²) in [6, 6.07) is 0. The van der Waals surface area contributed by atoms with Crippen molar-refractivity contribution < 1.29 is 14.6 Å². The Kier molecular flexibility index (Phi) is 3.10. The van der Waals surface area contributed by atoms with Gasteiger partial charge >= 0.3 is 0 Å². The number of nitrogens with one attached hydrogen (secondary N) is 1. The molecule has 6 heteroatoms. The molecule has 0 unspecified atom stereocenters. The number of hydrogen-bond donors (Lipinski definition) is 2. The van der Waals surface area contributed by atoms with E-state index >= 15 is 0 Å². The topological polar surface area (TPSA) is 78.5 Å². The van der Waals surface area contributed by atoms with Crippen LogP contribution in [0.3, 0.4) is 0 Å². The first-order chi connectivity index (χ1) is 9.48. The first-order valence-electron chi connectivity index (χ1n) is 7.10. The molecule has 0 saturated heterocycles. The van der Waals surface area contributed by atoms with Crippen molar-refractivity contribution in [3.05, 3.63) is 17.0 Å². The number of aromatic nitrogens is 2. The number of fused-ring (bicyclic) bond motifs is 1. The second-order valence-corrected chi connectivity index (χ2v) is 6.00. The van der Waals surface area contributed by atoms with E-state index in [-0.39, 0.29) is 30.3 Å². The van der Waals surface area contributed by atoms with Gasteiger partial charge in [0.2, 0.25) is 0 Å². The van der Waals surface area contributed by atoms with Gasteiger partial charge in [0.05, 0.1) is 30.0 Å². The third-order valence-electron chi connectivity index (χ3n) is 4.57. The molecule has 3 rings (SSSR count). The van der Waals surface area contributed by atoms with Gasteiger partial charge in [-0.2, -0.15) is 5.10 Å². The number of aliphatic hydroxyl groups excluding tert-OH is 1. The fraction of sp³-hybridized carbons (Fsp3) is 0.714. The Balaban J connectivity index is 1.90. The van der Waals surface area contributed by atoms with Gasteiger partial charge in [-0.25, -0.2) is 0 Å². The standard InChI is InChI=1S/C14H21N3O3/c1-8-6-10-11(9(2)20-8)15-16-12(10)13(19)17(3)14(7-18)4-5-14/h8-9,18H,4-7H2,1-3H3,(H,15,16)/t8-,9+/m1/s1. The van der Waals surface area contributed by atoms with Gasteiger partial charge in [-0.15, -0.1) is 0 Å². The highest BCUT2D eigenvalue weighted by Crippen LogP contribution is 2.41. The van der Waals surface area contributed by atoms with E-state index in [1.807, 2.05) is 13.8 Å². The molecular formula is C14H21N3O3. The molecule has 0 spiro atoms. The number of likely N-dealkylation sites (N-methyl/N-ethyl adjacent to an activating group) is 1. The maximum atomic E-state index is 12.6. The molecular weight excluding hydrogens is 258 g/mol. The number of ether oxygens (including phenoxy) is 1. The van der Waals surface area contributed by atoms with Crippen molar-refractivity contribution in [2.45, 2.75) is 50.9 Å². The summed E-state index contributed by atoms with van der Waals surface area (Å²) in [5.41, 5.74) is 1.96. The van der Waals surface area contributed by atoms with Crippen molar-refractivity contribution in [2.75, 3.05) is 13.7 Å². The van der Waals surface area contributed by atoms with Crippen molar-refractivity contribution in [1.29, 1.82) is 0 Å². The lowest BCUT2D eigenvalue weighted by Crippen LogP contribution is -2.42. The van der Waals surface area contributed by atoms with E-state index in [0.717, 1.165) is 24.1 Å². The summed E-state index contributed by atoms with van der Waals surface area (Å²) in [4.78, 5) is 14.3. The number of carbonyl (C=O) groups is 1. The van der Waals surface area contributed by atoms with Crippen LogP contribution >= 0.6 is 0 Å². The average Bonchev–Trinajstić information content (AvgIpc) is 3.11. The number of carbonyl (C=O) groups excluding carboxylic acids is 1. The molecule has 2 N–H and O–H groups in total. The summed E-state index contributed by atoms with van der Waals surface area (Å²) >= 11 is 0. The van der Waals surface area contributed by atoms with Gasteiger partial charge in [-0.1, -0.05) is 0 Å². The predicted molar refractivity (Wildman–Crippen MR) is 72.4 cm³/mol. The SMILES string of the molecule is C[C@@H]1Cc2c(C(=O)N(C)C3(CO)CC3)n[nH]c2[C@H](C)O1. The molecule has 1 fully saturated rings. The van der Waals surface area contributed by atoms with Crippen molar-refractivity contribution in [3.63, 3.8) is 0 Å². The third kappa shape index (κ3) is 1.94. The Morgan fingerprint density at radius 2 is 2.25 bits per heavy atom. The molecule has 0 aromatic carbocycles. The molecule has 2 atom stereocenters. The van der Waals surface area contributed by atoms with E-state index in [9.17, 15) is 9.90 Å². The van der Waals surface area contributed by atoms with Gasteiger partial charge in [0.15, 0.2) is 5.69 Å². The number of aliphatic hydroxyl groups is 1. The fourth-order valence-electron chi connectivity index (χ4n) is 2.97. The van der Waals surface area contributed by atoms with Crippen LogP contribution in [-0.4, -0.2) is 51.4 Å². The summed E-state index contributed by atoms with van der Waals surface area (Å²) in [5.74, 6) is -0.115. The van der Waals surface area contributed by atoms with E-state index in [0.29, 0.717) is 12.1 Å². The molecule has 1 amide bonds. The minimum Gasteiger partial charge on any atom is -0.394 e. The molecule has 0 bridgehead atoms. The smallest absolute Gasteiger partial charge is 0.274 e. The summed E-state index contributed by atoms with van der Waals surface area (Å²) in [5, 5.41) is 16.6. The van der Waals surface area contributed by atoms with Crippen molar-refractivity contribution in [3.8, 4) is 0 Å². The molecule has 20 heavy (non-hydrogen) atoms. The van der Waals surface area contributed by atoms with Gasteiger partial charge in [0.1, 0.15) is 0 Å². The van der Waals surface area contributed by atoms with Crippen molar-refractivity contribution >= 4 is 5.91 Å². The average molecular weight is 279 g/mol. The van der Waals surface area contributed by atoms with E-state index in [2.05, 4.69) is 10.2 Å². The lowest BCUT2D eigenvalue weighted by Gasteiger charge is -2.28. The molecule has 1 aliphatic carbocycles. The van der Waals surface area contributed by atoms with Gasteiger partial charge in [-0.05, 0) is 26.7 Å². The second-order valence-electron chi connectivity index (χ2n) is 6.00. The molecule has 1 aromatic heterocycles. The second kappa shape index (κ2) is 4.56. The third-order valence-corrected chi connectivity index (χ3v) is 4.57. The quantitative estimate of drug-likeness (QED) is 0.866. The van der Waals surface area contributed by atoms with Crippen LogP contribution in [0.25, 0.3) is 0 Å². The summed E-state index contributed by atoms with van der Waals surface area (Å²) < 4.78 is 5.73. The van der Waals surface area contributed by atoms with E-state index in [1.165, 1.54) is 0 Å². The highest BCUT2D eigenvalue weighted by atomic mass is 16.5. The number of rotatable bonds is 3. The van der Waals surface area contributed by atoms with Crippen LogP contribution in [0.4, 0.5) is 0 Å². The Morgan fingerprint density at radius 1 is 1.55 bits per heavy atom. The van der Waals surface area contributed by atoms with Crippen LogP contribution in [0.1, 0.15) is 54.5 Å². The van der Waals surface area contributed by atoms with E-state index in [1.54, 1.807) is 11.9 Å². The molecule has 2 aliphatic rings. The Labute approximate surface area is 118 Å². The number of H-pyrrole nitrogens is 1. The van der Waals surface area contributed by atoms with Gasteiger partial charge in [0, 0.05) is 19.0 Å². The minimum atomic E-state index is -0.370. The monoisotopic (exact) mass is 279 g/mol. The molecule has 1 saturated carbocycles. The minimum absolute atomic E-state index is 0.0117. The fourth-order valence-corrected chi connectivity index (χ4v) is 2.97. The van der Waals surface area contributed by atoms with Crippen LogP contribution in [0.5, 0.6) is 0 Å². The largest absolute Gasteiger partial charge is 0.394 e. The normalized spacial score (nSPS) is 27.0. The number of hydrogen-bond acceptors (Lipinski definition) is 4. The molecule has 1 aromatic rings. The molecule has 110 valence electrons. The molecule has 2 heterocycles. The number of amides is 1. The number of nitrogens with zero attached hydrogens (tertiary/aromatic N) is 2. The lowest BCUT2D eigenvalue weighted by atomic mass is 9.99. The highest BCUT2D eigenvalue weighted by molar-refractivity contribution is 5.94. The molecule has 0 radical (unpaired) electrons. The van der Waals surface area contributed by atoms with Crippen LogP contribution < -0.4 is 0 Å². The zero-order chi connectivity index (χ0) is 14.5.